The van der Waals surface area contributed by atoms with E-state index in [4.69, 9.17) is 19.8 Å². The van der Waals surface area contributed by atoms with E-state index >= 15 is 0 Å². The Morgan fingerprint density at radius 1 is 1.14 bits per heavy atom. The summed E-state index contributed by atoms with van der Waals surface area (Å²) >= 11 is 0. The summed E-state index contributed by atoms with van der Waals surface area (Å²) in [6.45, 7) is 8.41. The number of ether oxygens (including phenoxy) is 1. The van der Waals surface area contributed by atoms with Crippen molar-refractivity contribution in [2.24, 2.45) is 10.8 Å². The summed E-state index contributed by atoms with van der Waals surface area (Å²) < 4.78 is 18.2. The minimum absolute atomic E-state index is 0.437. The van der Waals surface area contributed by atoms with Crippen LogP contribution in [0.15, 0.2) is 53.6 Å². The Morgan fingerprint density at radius 2 is 1.79 bits per heavy atom. The van der Waals surface area contributed by atoms with Gasteiger partial charge in [0.1, 0.15) is 12.4 Å². The van der Waals surface area contributed by atoms with E-state index in [0.717, 1.165) is 11.0 Å². The van der Waals surface area contributed by atoms with Crippen molar-refractivity contribution in [1.82, 2.24) is 5.43 Å². The number of nitrogens with one attached hydrogen (secondary N) is 1. The van der Waals surface area contributed by atoms with E-state index in [2.05, 4.69) is 10.5 Å². The second-order valence-corrected chi connectivity index (χ2v) is 7.89. The third kappa shape index (κ3) is 4.96. The van der Waals surface area contributed by atoms with Gasteiger partial charge in [-0.15, -0.1) is 0 Å². The Balaban J connectivity index is 1.85. The van der Waals surface area contributed by atoms with Gasteiger partial charge in [-0.05, 0) is 56.4 Å². The van der Waals surface area contributed by atoms with Crippen LogP contribution in [0.5, 0.6) is 5.75 Å². The molecule has 1 saturated heterocycles. The lowest BCUT2D eigenvalue weighted by Crippen LogP contribution is -2.41. The lowest BCUT2D eigenvalue weighted by molar-refractivity contribution is 0.00578. The molecule has 0 bridgehead atoms. The predicted octanol–water partition coefficient (Wildman–Crippen LogP) is 2.57. The van der Waals surface area contributed by atoms with Crippen LogP contribution in [0.4, 0.5) is 4.79 Å². The average Bonchev–Trinajstić information content (AvgIpc) is 2.88. The highest BCUT2D eigenvalue weighted by Gasteiger charge is 2.52. The van der Waals surface area contributed by atoms with Crippen LogP contribution in [0.1, 0.15) is 38.8 Å². The number of carbonyl (C=O) groups excluding carboxylic acids is 1. The van der Waals surface area contributed by atoms with E-state index in [1.165, 1.54) is 6.21 Å². The third-order valence-electron chi connectivity index (χ3n) is 5.19. The first-order valence-electron chi connectivity index (χ1n) is 9.43. The summed E-state index contributed by atoms with van der Waals surface area (Å²) in [5, 5.41) is 3.89. The molecule has 0 saturated carbocycles. The predicted molar refractivity (Wildman–Crippen MR) is 113 cm³/mol. The molecule has 3 rings (SSSR count). The van der Waals surface area contributed by atoms with E-state index in [1.54, 1.807) is 0 Å². The Morgan fingerprint density at radius 3 is 2.41 bits per heavy atom. The molecule has 0 spiro atoms. The number of amides is 2. The van der Waals surface area contributed by atoms with Gasteiger partial charge in [-0.2, -0.15) is 5.10 Å². The van der Waals surface area contributed by atoms with Gasteiger partial charge < -0.3 is 19.8 Å². The second-order valence-electron chi connectivity index (χ2n) is 7.89. The number of rotatable bonds is 6. The van der Waals surface area contributed by atoms with Crippen molar-refractivity contribution in [3.05, 3.63) is 59.7 Å². The smallest absolute Gasteiger partial charge is 0.489 e. The number of nitrogens with two attached hydrogens (primary N) is 1. The largest absolute Gasteiger partial charge is 0.495 e. The number of benzene rings is 2. The number of urea groups is 1. The fourth-order valence-corrected chi connectivity index (χ4v) is 2.85. The van der Waals surface area contributed by atoms with Crippen LogP contribution in [0.2, 0.25) is 0 Å². The van der Waals surface area contributed by atoms with E-state index < -0.39 is 24.4 Å². The Bertz CT molecular complexity index is 884. The summed E-state index contributed by atoms with van der Waals surface area (Å²) in [6.07, 6.45) is 1.50. The highest BCUT2D eigenvalue weighted by Crippen LogP contribution is 2.36. The van der Waals surface area contributed by atoms with Crippen LogP contribution < -0.4 is 21.4 Å². The maximum Gasteiger partial charge on any atom is 0.495 e. The SMILES string of the molecule is CC1(C)OB(c2ccc(OCc3ccccc3)cc2C=NNC(N)=O)OC1(C)C. The maximum absolute atomic E-state index is 11.0. The molecule has 1 heterocycles. The van der Waals surface area contributed by atoms with Crippen molar-refractivity contribution < 1.29 is 18.8 Å². The standard InChI is InChI=1S/C21H26BN3O4/c1-20(2)21(3,4)29-22(28-20)18-11-10-17(12-16(18)13-24-25-19(23)26)27-14-15-8-6-5-7-9-15/h5-13H,14H2,1-4H3,(H3,23,25,26). The summed E-state index contributed by atoms with van der Waals surface area (Å²) in [7, 11) is -0.571. The molecule has 0 aromatic heterocycles. The lowest BCUT2D eigenvalue weighted by Gasteiger charge is -2.32. The molecule has 1 aliphatic heterocycles. The van der Waals surface area contributed by atoms with Gasteiger partial charge >= 0.3 is 13.1 Å². The minimum atomic E-state index is -0.741. The van der Waals surface area contributed by atoms with Crippen molar-refractivity contribution in [3.8, 4) is 5.75 Å². The molecule has 29 heavy (non-hydrogen) atoms. The number of nitrogens with zero attached hydrogens (tertiary/aromatic N) is 1. The second kappa shape index (κ2) is 8.27. The monoisotopic (exact) mass is 395 g/mol. The Hall–Kier alpha value is -2.84. The molecule has 8 heteroatoms. The zero-order chi connectivity index (χ0) is 21.1. The van der Waals surface area contributed by atoms with Crippen molar-refractivity contribution >= 4 is 24.8 Å². The van der Waals surface area contributed by atoms with Crippen LogP contribution >= 0.6 is 0 Å². The molecule has 2 amide bonds. The maximum atomic E-state index is 11.0. The van der Waals surface area contributed by atoms with E-state index in [1.807, 2.05) is 76.2 Å². The zero-order valence-electron chi connectivity index (χ0n) is 17.1. The van der Waals surface area contributed by atoms with Crippen molar-refractivity contribution in [1.29, 1.82) is 0 Å². The fraction of sp³-hybridized carbons (Fsp3) is 0.333. The van der Waals surface area contributed by atoms with Gasteiger partial charge in [0.2, 0.25) is 0 Å². The Kier molecular flexibility index (Phi) is 5.95. The summed E-state index contributed by atoms with van der Waals surface area (Å²) in [6, 6.07) is 14.7. The Labute approximate surface area is 171 Å². The summed E-state index contributed by atoms with van der Waals surface area (Å²) in [5.74, 6) is 0.662. The molecule has 0 unspecified atom stereocenters. The van der Waals surface area contributed by atoms with E-state index in [-0.39, 0.29) is 0 Å². The number of hydrogen-bond donors (Lipinski definition) is 2. The molecule has 3 N–H and O–H groups in total. The summed E-state index contributed by atoms with van der Waals surface area (Å²) in [4.78, 5) is 11.0. The molecule has 1 fully saturated rings. The van der Waals surface area contributed by atoms with Crippen LogP contribution in [-0.2, 0) is 15.9 Å². The van der Waals surface area contributed by atoms with Gasteiger partial charge in [0.15, 0.2) is 0 Å². The molecular weight excluding hydrogens is 369 g/mol. The zero-order valence-corrected chi connectivity index (χ0v) is 17.1. The molecular formula is C21H26BN3O4. The van der Waals surface area contributed by atoms with Crippen LogP contribution in [0.25, 0.3) is 0 Å². The van der Waals surface area contributed by atoms with E-state index in [9.17, 15) is 4.79 Å². The van der Waals surface area contributed by atoms with Gasteiger partial charge in [0, 0.05) is 0 Å². The lowest BCUT2D eigenvalue weighted by atomic mass is 9.76. The van der Waals surface area contributed by atoms with Gasteiger partial charge in [-0.3, -0.25) is 0 Å². The van der Waals surface area contributed by atoms with Crippen molar-refractivity contribution in [2.45, 2.75) is 45.5 Å². The van der Waals surface area contributed by atoms with Gasteiger partial charge in [-0.25, -0.2) is 10.2 Å². The number of hydrogen-bond acceptors (Lipinski definition) is 5. The average molecular weight is 395 g/mol. The molecule has 2 aromatic carbocycles. The molecule has 0 aliphatic carbocycles. The fourth-order valence-electron chi connectivity index (χ4n) is 2.85. The van der Waals surface area contributed by atoms with Crippen molar-refractivity contribution in [2.75, 3.05) is 0 Å². The molecule has 1 aliphatic rings. The quantitative estimate of drug-likeness (QED) is 0.447. The first-order chi connectivity index (χ1) is 13.7. The highest BCUT2D eigenvalue weighted by atomic mass is 16.7. The molecule has 0 atom stereocenters. The minimum Gasteiger partial charge on any atom is -0.489 e. The summed E-state index contributed by atoms with van der Waals surface area (Å²) in [5.41, 5.74) is 8.90. The number of primary amides is 1. The first kappa shape index (κ1) is 20.9. The van der Waals surface area contributed by atoms with Gasteiger partial charge in [0.25, 0.3) is 0 Å². The molecule has 7 nitrogen and oxygen atoms in total. The van der Waals surface area contributed by atoms with E-state index in [0.29, 0.717) is 17.9 Å². The van der Waals surface area contributed by atoms with Crippen LogP contribution in [0, 0.1) is 0 Å². The number of carbonyl (C=O) groups is 1. The normalized spacial score (nSPS) is 17.4. The van der Waals surface area contributed by atoms with Crippen molar-refractivity contribution in [3.63, 3.8) is 0 Å². The molecule has 152 valence electrons. The molecule has 2 aromatic rings. The van der Waals surface area contributed by atoms with Crippen LogP contribution in [0.3, 0.4) is 0 Å². The van der Waals surface area contributed by atoms with Gasteiger partial charge in [0.05, 0.1) is 17.4 Å². The topological polar surface area (TPSA) is 95.2 Å². The van der Waals surface area contributed by atoms with Gasteiger partial charge in [-0.1, -0.05) is 36.4 Å². The molecule has 0 radical (unpaired) electrons. The highest BCUT2D eigenvalue weighted by molar-refractivity contribution is 6.63. The number of hydrazone groups is 1. The third-order valence-corrected chi connectivity index (χ3v) is 5.19. The first-order valence-corrected chi connectivity index (χ1v) is 9.43. The van der Waals surface area contributed by atoms with Crippen LogP contribution in [-0.4, -0.2) is 30.6 Å².